The summed E-state index contributed by atoms with van der Waals surface area (Å²) in [6, 6.07) is 11.0. The lowest BCUT2D eigenvalue weighted by atomic mass is 10.0. The largest absolute Gasteiger partial charge is 0.494 e. The van der Waals surface area contributed by atoms with E-state index in [1.54, 1.807) is 30.3 Å². The molecule has 4 nitrogen and oxygen atoms in total. The maximum atomic E-state index is 12.7. The van der Waals surface area contributed by atoms with E-state index in [1.807, 2.05) is 58.9 Å². The zero-order valence-corrected chi connectivity index (χ0v) is 18.6. The van der Waals surface area contributed by atoms with Crippen LogP contribution in [0.4, 0.5) is 0 Å². The van der Waals surface area contributed by atoms with E-state index in [-0.39, 0.29) is 18.0 Å². The van der Waals surface area contributed by atoms with Crippen molar-refractivity contribution in [1.29, 1.82) is 0 Å². The maximum absolute atomic E-state index is 12.7. The van der Waals surface area contributed by atoms with Crippen LogP contribution < -0.4 is 14.2 Å². The number of benzene rings is 2. The second kappa shape index (κ2) is 11.2. The molecule has 0 N–H and O–H groups in total. The Labute approximate surface area is 180 Å². The summed E-state index contributed by atoms with van der Waals surface area (Å²) in [6.45, 7) is 14.3. The lowest BCUT2D eigenvalue weighted by Gasteiger charge is -2.19. The SMILES string of the molecule is C=CCc1c(C=CC(=O)c2ccc(OCC)cc2)cc(OC(C)C)cc1OC(C)C. The van der Waals surface area contributed by atoms with E-state index < -0.39 is 0 Å². The Bertz CT molecular complexity index is 877. The van der Waals surface area contributed by atoms with Gasteiger partial charge in [0.05, 0.1) is 18.8 Å². The molecule has 0 saturated carbocycles. The van der Waals surface area contributed by atoms with Gasteiger partial charge in [0.25, 0.3) is 0 Å². The molecule has 0 fully saturated rings. The summed E-state index contributed by atoms with van der Waals surface area (Å²) < 4.78 is 17.4. The fourth-order valence-electron chi connectivity index (χ4n) is 3.00. The predicted octanol–water partition coefficient (Wildman–Crippen LogP) is 6.28. The molecule has 2 rings (SSSR count). The molecule has 0 aliphatic carbocycles. The zero-order valence-electron chi connectivity index (χ0n) is 18.6. The van der Waals surface area contributed by atoms with E-state index in [9.17, 15) is 4.79 Å². The first-order chi connectivity index (χ1) is 14.3. The van der Waals surface area contributed by atoms with Crippen LogP contribution in [-0.2, 0) is 6.42 Å². The fourth-order valence-corrected chi connectivity index (χ4v) is 3.00. The minimum absolute atomic E-state index is 0.0187. The van der Waals surface area contributed by atoms with Crippen LogP contribution in [-0.4, -0.2) is 24.6 Å². The van der Waals surface area contributed by atoms with Crippen molar-refractivity contribution in [2.24, 2.45) is 0 Å². The van der Waals surface area contributed by atoms with Gasteiger partial charge in [0.2, 0.25) is 0 Å². The molecule has 0 heterocycles. The molecule has 0 aromatic heterocycles. The Morgan fingerprint density at radius 3 is 2.23 bits per heavy atom. The van der Waals surface area contributed by atoms with E-state index in [4.69, 9.17) is 14.2 Å². The van der Waals surface area contributed by atoms with E-state index in [1.165, 1.54) is 0 Å². The average Bonchev–Trinajstić information content (AvgIpc) is 2.68. The second-order valence-corrected chi connectivity index (χ2v) is 7.47. The molecule has 0 spiro atoms. The first kappa shape index (κ1) is 23.3. The van der Waals surface area contributed by atoms with E-state index in [0.29, 0.717) is 24.3 Å². The zero-order chi connectivity index (χ0) is 22.1. The molecule has 30 heavy (non-hydrogen) atoms. The van der Waals surface area contributed by atoms with Gasteiger partial charge in [-0.2, -0.15) is 0 Å². The minimum atomic E-state index is -0.0795. The van der Waals surface area contributed by atoms with Crippen molar-refractivity contribution in [3.05, 3.63) is 71.8 Å². The third kappa shape index (κ3) is 6.80. The number of ether oxygens (including phenoxy) is 3. The third-order valence-corrected chi connectivity index (χ3v) is 4.16. The van der Waals surface area contributed by atoms with Crippen molar-refractivity contribution >= 4 is 11.9 Å². The lowest BCUT2D eigenvalue weighted by molar-refractivity contribution is 0.104. The lowest BCUT2D eigenvalue weighted by Crippen LogP contribution is -2.10. The molecule has 160 valence electrons. The molecule has 2 aromatic carbocycles. The van der Waals surface area contributed by atoms with Crippen LogP contribution in [0, 0.1) is 0 Å². The Morgan fingerprint density at radius 1 is 1.00 bits per heavy atom. The van der Waals surface area contributed by atoms with Gasteiger partial charge in [0.1, 0.15) is 17.2 Å². The summed E-state index contributed by atoms with van der Waals surface area (Å²) in [7, 11) is 0. The van der Waals surface area contributed by atoms with Crippen LogP contribution in [0.2, 0.25) is 0 Å². The van der Waals surface area contributed by atoms with Crippen LogP contribution in [0.3, 0.4) is 0 Å². The van der Waals surface area contributed by atoms with Gasteiger partial charge in [-0.3, -0.25) is 4.79 Å². The highest BCUT2D eigenvalue weighted by molar-refractivity contribution is 6.07. The van der Waals surface area contributed by atoms with Crippen LogP contribution in [0.25, 0.3) is 6.08 Å². The standard InChI is InChI=1S/C26H32O4/c1-7-9-24-21(16-23(29-18(3)4)17-26(24)30-19(5)6)12-15-25(27)20-10-13-22(14-11-20)28-8-2/h7,10-19H,1,8-9H2,2-6H3. The van der Waals surface area contributed by atoms with Crippen LogP contribution >= 0.6 is 0 Å². The molecule has 0 aliphatic rings. The summed E-state index contributed by atoms with van der Waals surface area (Å²) in [5, 5.41) is 0. The third-order valence-electron chi connectivity index (χ3n) is 4.16. The molecule has 0 aliphatic heterocycles. The van der Waals surface area contributed by atoms with Gasteiger partial charge >= 0.3 is 0 Å². The van der Waals surface area contributed by atoms with E-state index in [2.05, 4.69) is 6.58 Å². The molecule has 0 unspecified atom stereocenters. The molecule has 0 saturated heterocycles. The Balaban J connectivity index is 2.38. The van der Waals surface area contributed by atoms with Crippen molar-refractivity contribution in [3.63, 3.8) is 0 Å². The maximum Gasteiger partial charge on any atom is 0.185 e. The van der Waals surface area contributed by atoms with Gasteiger partial charge in [-0.25, -0.2) is 0 Å². The van der Waals surface area contributed by atoms with Crippen molar-refractivity contribution in [2.45, 2.75) is 53.2 Å². The number of allylic oxidation sites excluding steroid dienone is 2. The van der Waals surface area contributed by atoms with Crippen molar-refractivity contribution < 1.29 is 19.0 Å². The Hall–Kier alpha value is -3.01. The molecule has 0 bridgehead atoms. The normalized spacial score (nSPS) is 11.2. The molecule has 4 heteroatoms. The highest BCUT2D eigenvalue weighted by Gasteiger charge is 2.13. The highest BCUT2D eigenvalue weighted by Crippen LogP contribution is 2.32. The van der Waals surface area contributed by atoms with E-state index in [0.717, 1.165) is 22.6 Å². The molecule has 0 amide bonds. The van der Waals surface area contributed by atoms with Gasteiger partial charge in [0, 0.05) is 17.2 Å². The first-order valence-corrected chi connectivity index (χ1v) is 10.4. The Kier molecular flexibility index (Phi) is 8.72. The van der Waals surface area contributed by atoms with Crippen molar-refractivity contribution in [2.75, 3.05) is 6.61 Å². The van der Waals surface area contributed by atoms with Gasteiger partial charge < -0.3 is 14.2 Å². The Morgan fingerprint density at radius 2 is 1.67 bits per heavy atom. The molecule has 0 radical (unpaired) electrons. The summed E-state index contributed by atoms with van der Waals surface area (Å²) in [4.78, 5) is 12.7. The minimum Gasteiger partial charge on any atom is -0.494 e. The summed E-state index contributed by atoms with van der Waals surface area (Å²) in [5.41, 5.74) is 2.46. The quantitative estimate of drug-likeness (QED) is 0.249. The fraction of sp³-hybridized carbons (Fsp3) is 0.346. The smallest absolute Gasteiger partial charge is 0.185 e. The van der Waals surface area contributed by atoms with Crippen LogP contribution in [0.5, 0.6) is 17.2 Å². The highest BCUT2D eigenvalue weighted by atomic mass is 16.5. The monoisotopic (exact) mass is 408 g/mol. The number of ketones is 1. The number of rotatable bonds is 11. The molecular formula is C26H32O4. The average molecular weight is 409 g/mol. The number of carbonyl (C=O) groups is 1. The van der Waals surface area contributed by atoms with Gasteiger partial charge in [-0.1, -0.05) is 12.2 Å². The first-order valence-electron chi connectivity index (χ1n) is 10.4. The van der Waals surface area contributed by atoms with Gasteiger partial charge in [-0.05, 0) is 83.0 Å². The van der Waals surface area contributed by atoms with Crippen LogP contribution in [0.15, 0.2) is 55.1 Å². The number of carbonyl (C=O) groups excluding carboxylic acids is 1. The molecule has 2 aromatic rings. The number of hydrogen-bond donors (Lipinski definition) is 0. The second-order valence-electron chi connectivity index (χ2n) is 7.47. The van der Waals surface area contributed by atoms with Crippen molar-refractivity contribution in [3.8, 4) is 17.2 Å². The summed E-state index contributed by atoms with van der Waals surface area (Å²) >= 11 is 0. The van der Waals surface area contributed by atoms with Gasteiger partial charge in [-0.15, -0.1) is 6.58 Å². The topological polar surface area (TPSA) is 44.8 Å². The molecule has 0 atom stereocenters. The molecular weight excluding hydrogens is 376 g/mol. The van der Waals surface area contributed by atoms with Crippen molar-refractivity contribution in [1.82, 2.24) is 0 Å². The van der Waals surface area contributed by atoms with Gasteiger partial charge in [0.15, 0.2) is 5.78 Å². The predicted molar refractivity (Wildman–Crippen MR) is 123 cm³/mol. The number of hydrogen-bond acceptors (Lipinski definition) is 4. The summed E-state index contributed by atoms with van der Waals surface area (Å²) in [5.74, 6) is 2.13. The summed E-state index contributed by atoms with van der Waals surface area (Å²) in [6.07, 6.45) is 5.90. The van der Waals surface area contributed by atoms with Crippen LogP contribution in [0.1, 0.15) is 56.1 Å². The van der Waals surface area contributed by atoms with E-state index >= 15 is 0 Å².